The van der Waals surface area contributed by atoms with Crippen LogP contribution in [-0.2, 0) is 20.7 Å². The highest BCUT2D eigenvalue weighted by molar-refractivity contribution is 8.00. The predicted octanol–water partition coefficient (Wildman–Crippen LogP) is 1.45. The first-order valence-electron chi connectivity index (χ1n) is 4.90. The summed E-state index contributed by atoms with van der Waals surface area (Å²) in [4.78, 5) is 22.3. The smallest absolute Gasteiger partial charge is 0.293 e. The lowest BCUT2D eigenvalue weighted by atomic mass is 10.1. The average molecular weight is 237 g/mol. The second-order valence-electron chi connectivity index (χ2n) is 3.38. The van der Waals surface area contributed by atoms with Gasteiger partial charge < -0.3 is 10.1 Å². The van der Waals surface area contributed by atoms with Crippen molar-refractivity contribution in [3.8, 4) is 0 Å². The van der Waals surface area contributed by atoms with Crippen molar-refractivity contribution in [1.29, 1.82) is 0 Å². The van der Waals surface area contributed by atoms with Gasteiger partial charge in [0.15, 0.2) is 0 Å². The highest BCUT2D eigenvalue weighted by Gasteiger charge is 2.15. The minimum Gasteiger partial charge on any atom is -0.468 e. The Balaban J connectivity index is 2.08. The molecular formula is C11H11NO3S. The Hall–Kier alpha value is -1.49. The van der Waals surface area contributed by atoms with Crippen LogP contribution < -0.4 is 5.32 Å². The Labute approximate surface area is 97.4 Å². The zero-order valence-corrected chi connectivity index (χ0v) is 9.38. The molecule has 0 saturated heterocycles. The Morgan fingerprint density at radius 2 is 2.38 bits per heavy atom. The van der Waals surface area contributed by atoms with Crippen molar-refractivity contribution in [1.82, 2.24) is 0 Å². The number of hydrogen-bond acceptors (Lipinski definition) is 4. The summed E-state index contributed by atoms with van der Waals surface area (Å²) < 4.78 is 4.63. The number of anilines is 1. The molecule has 16 heavy (non-hydrogen) atoms. The molecule has 84 valence electrons. The zero-order valence-electron chi connectivity index (χ0n) is 8.56. The number of fused-ring (bicyclic) bond motifs is 1. The van der Waals surface area contributed by atoms with E-state index in [1.54, 1.807) is 0 Å². The first-order chi connectivity index (χ1) is 7.79. The average Bonchev–Trinajstić information content (AvgIpc) is 2.29. The number of amides is 1. The van der Waals surface area contributed by atoms with E-state index in [9.17, 15) is 9.59 Å². The van der Waals surface area contributed by atoms with E-state index in [4.69, 9.17) is 0 Å². The summed E-state index contributed by atoms with van der Waals surface area (Å²) in [6.45, 7) is 0.805. The van der Waals surface area contributed by atoms with Gasteiger partial charge in [-0.05, 0) is 17.7 Å². The number of hydrogen-bond donors (Lipinski definition) is 1. The van der Waals surface area contributed by atoms with Gasteiger partial charge in [0.05, 0.1) is 18.0 Å². The molecule has 0 spiro atoms. The molecule has 0 unspecified atom stereocenters. The molecule has 1 amide bonds. The van der Waals surface area contributed by atoms with Gasteiger partial charge in [0.25, 0.3) is 6.47 Å². The van der Waals surface area contributed by atoms with Gasteiger partial charge in [-0.25, -0.2) is 0 Å². The lowest BCUT2D eigenvalue weighted by Gasteiger charge is -2.16. The van der Waals surface area contributed by atoms with Crippen molar-refractivity contribution in [2.45, 2.75) is 11.3 Å². The van der Waals surface area contributed by atoms with Crippen molar-refractivity contribution in [2.24, 2.45) is 0 Å². The van der Waals surface area contributed by atoms with Crippen LogP contribution in [-0.4, -0.2) is 24.7 Å². The monoisotopic (exact) mass is 237 g/mol. The number of benzene rings is 1. The van der Waals surface area contributed by atoms with E-state index in [0.717, 1.165) is 16.1 Å². The number of thioether (sulfide) groups is 1. The summed E-state index contributed by atoms with van der Waals surface area (Å²) in [5.41, 5.74) is 1.90. The van der Waals surface area contributed by atoms with E-state index < -0.39 is 0 Å². The Bertz CT molecular complexity index is 420. The van der Waals surface area contributed by atoms with Gasteiger partial charge in [-0.15, -0.1) is 11.8 Å². The van der Waals surface area contributed by atoms with Crippen LogP contribution in [0.4, 0.5) is 5.69 Å². The number of ether oxygens (including phenoxy) is 1. The van der Waals surface area contributed by atoms with Crippen molar-refractivity contribution in [3.05, 3.63) is 23.8 Å². The first kappa shape index (κ1) is 11.0. The van der Waals surface area contributed by atoms with Gasteiger partial charge in [-0.2, -0.15) is 0 Å². The van der Waals surface area contributed by atoms with E-state index in [0.29, 0.717) is 25.3 Å². The molecule has 1 aliphatic rings. The van der Waals surface area contributed by atoms with Crippen LogP contribution in [0.1, 0.15) is 5.56 Å². The first-order valence-corrected chi connectivity index (χ1v) is 5.89. The Kier molecular flexibility index (Phi) is 3.46. The molecule has 1 aromatic carbocycles. The van der Waals surface area contributed by atoms with Crippen LogP contribution in [0.25, 0.3) is 0 Å². The fraction of sp³-hybridized carbons (Fsp3) is 0.273. The molecule has 0 saturated carbocycles. The quantitative estimate of drug-likeness (QED) is 0.636. The topological polar surface area (TPSA) is 55.4 Å². The van der Waals surface area contributed by atoms with E-state index >= 15 is 0 Å². The molecule has 5 heteroatoms. The minimum atomic E-state index is 0.0267. The van der Waals surface area contributed by atoms with Gasteiger partial charge in [0, 0.05) is 11.3 Å². The summed E-state index contributed by atoms with van der Waals surface area (Å²) in [6, 6.07) is 5.89. The number of carbonyl (C=O) groups excluding carboxylic acids is 2. The summed E-state index contributed by atoms with van der Waals surface area (Å²) >= 11 is 1.53. The third kappa shape index (κ3) is 2.55. The van der Waals surface area contributed by atoms with Gasteiger partial charge in [-0.3, -0.25) is 9.59 Å². The predicted molar refractivity (Wildman–Crippen MR) is 61.5 cm³/mol. The van der Waals surface area contributed by atoms with Crippen molar-refractivity contribution in [3.63, 3.8) is 0 Å². The van der Waals surface area contributed by atoms with Gasteiger partial charge >= 0.3 is 0 Å². The molecule has 1 aliphatic heterocycles. The second-order valence-corrected chi connectivity index (χ2v) is 4.40. The van der Waals surface area contributed by atoms with E-state index in [-0.39, 0.29) is 5.91 Å². The Morgan fingerprint density at radius 3 is 3.19 bits per heavy atom. The molecule has 1 aromatic rings. The van der Waals surface area contributed by atoms with E-state index in [1.807, 2.05) is 18.2 Å². The van der Waals surface area contributed by atoms with Crippen LogP contribution in [0.3, 0.4) is 0 Å². The molecule has 0 aliphatic carbocycles. The standard InChI is InChI=1S/C11H11NO3S/c13-7-15-4-3-8-1-2-10-9(5-8)12-11(14)6-16-10/h1-2,5,7H,3-4,6H2,(H,12,14). The maximum Gasteiger partial charge on any atom is 0.293 e. The van der Waals surface area contributed by atoms with E-state index in [2.05, 4.69) is 10.1 Å². The third-order valence-corrected chi connectivity index (χ3v) is 3.33. The van der Waals surface area contributed by atoms with Crippen molar-refractivity contribution < 1.29 is 14.3 Å². The molecular weight excluding hydrogens is 226 g/mol. The normalized spacial score (nSPS) is 13.9. The van der Waals surface area contributed by atoms with E-state index in [1.165, 1.54) is 11.8 Å². The summed E-state index contributed by atoms with van der Waals surface area (Å²) in [5, 5.41) is 2.82. The molecule has 0 aromatic heterocycles. The van der Waals surface area contributed by atoms with Gasteiger partial charge in [0.2, 0.25) is 5.91 Å². The molecule has 1 N–H and O–H groups in total. The largest absolute Gasteiger partial charge is 0.468 e. The molecule has 2 rings (SSSR count). The fourth-order valence-corrected chi connectivity index (χ4v) is 2.30. The van der Waals surface area contributed by atoms with Gasteiger partial charge in [0.1, 0.15) is 0 Å². The molecule has 0 fully saturated rings. The van der Waals surface area contributed by atoms with Crippen LogP contribution in [0.2, 0.25) is 0 Å². The van der Waals surface area contributed by atoms with Crippen LogP contribution in [0.5, 0.6) is 0 Å². The highest BCUT2D eigenvalue weighted by atomic mass is 32.2. The summed E-state index contributed by atoms with van der Waals surface area (Å²) in [6.07, 6.45) is 0.659. The summed E-state index contributed by atoms with van der Waals surface area (Å²) in [5.74, 6) is 0.499. The zero-order chi connectivity index (χ0) is 11.4. The Morgan fingerprint density at radius 1 is 1.50 bits per heavy atom. The second kappa shape index (κ2) is 5.03. The van der Waals surface area contributed by atoms with Gasteiger partial charge in [-0.1, -0.05) is 6.07 Å². The number of rotatable bonds is 4. The molecule has 0 atom stereocenters. The van der Waals surface area contributed by atoms with Crippen molar-refractivity contribution in [2.75, 3.05) is 17.7 Å². The third-order valence-electron chi connectivity index (χ3n) is 2.25. The summed E-state index contributed by atoms with van der Waals surface area (Å²) in [7, 11) is 0. The molecule has 0 radical (unpaired) electrons. The molecule has 1 heterocycles. The van der Waals surface area contributed by atoms with Crippen LogP contribution >= 0.6 is 11.8 Å². The highest BCUT2D eigenvalue weighted by Crippen LogP contribution is 2.31. The lowest BCUT2D eigenvalue weighted by molar-refractivity contribution is -0.128. The minimum absolute atomic E-state index is 0.0267. The lowest BCUT2D eigenvalue weighted by Crippen LogP contribution is -2.18. The van der Waals surface area contributed by atoms with Crippen LogP contribution in [0.15, 0.2) is 23.1 Å². The van der Waals surface area contributed by atoms with Crippen LogP contribution in [0, 0.1) is 0 Å². The maximum atomic E-state index is 11.2. The maximum absolute atomic E-state index is 11.2. The fourth-order valence-electron chi connectivity index (χ4n) is 1.51. The SMILES string of the molecule is O=COCCc1ccc2c(c1)NC(=O)CS2. The number of carbonyl (C=O) groups is 2. The number of nitrogens with one attached hydrogen (secondary N) is 1. The molecule has 0 bridgehead atoms. The molecule has 4 nitrogen and oxygen atoms in total. The van der Waals surface area contributed by atoms with Crippen molar-refractivity contribution >= 4 is 29.8 Å².